The number of hydrogen-bond donors (Lipinski definition) is 1. The van der Waals surface area contributed by atoms with Crippen LogP contribution in [0.25, 0.3) is 0 Å². The molecule has 1 aromatic heterocycles. The first-order valence-corrected chi connectivity index (χ1v) is 4.24. The Kier molecular flexibility index (Phi) is 4.06. The standard InChI is InChI=1S/C8H12N2O4/c1-13-5-4-7-10-9-6(14-7)2-3-8(11)12/h2-5H2,1H3,(H,11,12). The average molecular weight is 200 g/mol. The second kappa shape index (κ2) is 5.33. The van der Waals surface area contributed by atoms with Crippen molar-refractivity contribution in [1.82, 2.24) is 10.2 Å². The fraction of sp³-hybridized carbons (Fsp3) is 0.625. The molecule has 0 amide bonds. The van der Waals surface area contributed by atoms with Crippen LogP contribution in [0.5, 0.6) is 0 Å². The predicted molar refractivity (Wildman–Crippen MR) is 45.8 cm³/mol. The third-order valence-corrected chi connectivity index (χ3v) is 1.58. The monoisotopic (exact) mass is 200 g/mol. The Morgan fingerprint density at radius 1 is 1.43 bits per heavy atom. The van der Waals surface area contributed by atoms with E-state index in [1.165, 1.54) is 0 Å². The van der Waals surface area contributed by atoms with Gasteiger partial charge in [-0.15, -0.1) is 10.2 Å². The summed E-state index contributed by atoms with van der Waals surface area (Å²) in [5, 5.41) is 15.9. The van der Waals surface area contributed by atoms with Gasteiger partial charge >= 0.3 is 5.97 Å². The molecule has 78 valence electrons. The summed E-state index contributed by atoms with van der Waals surface area (Å²) in [4.78, 5) is 10.2. The van der Waals surface area contributed by atoms with Crippen molar-refractivity contribution in [2.24, 2.45) is 0 Å². The highest BCUT2D eigenvalue weighted by molar-refractivity contribution is 5.66. The molecule has 0 atom stereocenters. The lowest BCUT2D eigenvalue weighted by Gasteiger charge is -1.92. The molecule has 1 rings (SSSR count). The topological polar surface area (TPSA) is 85.5 Å². The number of nitrogens with zero attached hydrogens (tertiary/aromatic N) is 2. The van der Waals surface area contributed by atoms with E-state index in [9.17, 15) is 4.79 Å². The molecule has 1 aromatic rings. The lowest BCUT2D eigenvalue weighted by molar-refractivity contribution is -0.137. The van der Waals surface area contributed by atoms with Crippen molar-refractivity contribution < 1.29 is 19.1 Å². The Bertz CT molecular complexity index is 297. The smallest absolute Gasteiger partial charge is 0.303 e. The third-order valence-electron chi connectivity index (χ3n) is 1.58. The van der Waals surface area contributed by atoms with Gasteiger partial charge in [-0.25, -0.2) is 0 Å². The quantitative estimate of drug-likeness (QED) is 0.709. The van der Waals surface area contributed by atoms with Gasteiger partial charge in [0.2, 0.25) is 11.8 Å². The highest BCUT2D eigenvalue weighted by Gasteiger charge is 2.07. The van der Waals surface area contributed by atoms with Gasteiger partial charge in [-0.05, 0) is 0 Å². The number of rotatable bonds is 6. The number of hydrogen-bond acceptors (Lipinski definition) is 5. The number of aryl methyl sites for hydroxylation is 1. The summed E-state index contributed by atoms with van der Waals surface area (Å²) in [6.07, 6.45) is 0.831. The minimum Gasteiger partial charge on any atom is -0.481 e. The molecule has 0 radical (unpaired) electrons. The summed E-state index contributed by atoms with van der Waals surface area (Å²) < 4.78 is 10.0. The number of aliphatic carboxylic acids is 1. The van der Waals surface area contributed by atoms with Crippen LogP contribution in [0, 0.1) is 0 Å². The van der Waals surface area contributed by atoms with Gasteiger partial charge in [-0.3, -0.25) is 4.79 Å². The van der Waals surface area contributed by atoms with E-state index in [0.717, 1.165) is 0 Å². The van der Waals surface area contributed by atoms with E-state index in [2.05, 4.69) is 10.2 Å². The molecule has 1 heterocycles. The fourth-order valence-corrected chi connectivity index (χ4v) is 0.894. The molecule has 0 spiro atoms. The summed E-state index contributed by atoms with van der Waals surface area (Å²) >= 11 is 0. The second-order valence-corrected chi connectivity index (χ2v) is 2.73. The van der Waals surface area contributed by atoms with Crippen molar-refractivity contribution in [2.75, 3.05) is 13.7 Å². The molecule has 1 N–H and O–H groups in total. The maximum atomic E-state index is 10.2. The zero-order chi connectivity index (χ0) is 10.4. The molecule has 0 saturated heterocycles. The Labute approximate surface area is 80.9 Å². The highest BCUT2D eigenvalue weighted by Crippen LogP contribution is 2.03. The van der Waals surface area contributed by atoms with Gasteiger partial charge in [-0.1, -0.05) is 0 Å². The van der Waals surface area contributed by atoms with E-state index in [-0.39, 0.29) is 12.8 Å². The zero-order valence-corrected chi connectivity index (χ0v) is 7.89. The van der Waals surface area contributed by atoms with Gasteiger partial charge in [0, 0.05) is 20.0 Å². The Morgan fingerprint density at radius 3 is 2.64 bits per heavy atom. The van der Waals surface area contributed by atoms with Gasteiger partial charge in [0.1, 0.15) is 0 Å². The van der Waals surface area contributed by atoms with Gasteiger partial charge in [-0.2, -0.15) is 0 Å². The third kappa shape index (κ3) is 3.53. The summed E-state index contributed by atoms with van der Waals surface area (Å²) in [6, 6.07) is 0. The largest absolute Gasteiger partial charge is 0.481 e. The molecule has 6 heteroatoms. The van der Waals surface area contributed by atoms with E-state index in [1.807, 2.05) is 0 Å². The fourth-order valence-electron chi connectivity index (χ4n) is 0.894. The number of methoxy groups -OCH3 is 1. The van der Waals surface area contributed by atoms with Gasteiger partial charge < -0.3 is 14.3 Å². The van der Waals surface area contributed by atoms with E-state index < -0.39 is 5.97 Å². The maximum Gasteiger partial charge on any atom is 0.303 e. The van der Waals surface area contributed by atoms with Crippen LogP contribution >= 0.6 is 0 Å². The first-order chi connectivity index (χ1) is 6.72. The second-order valence-electron chi connectivity index (χ2n) is 2.73. The van der Waals surface area contributed by atoms with Crippen LogP contribution in [0.2, 0.25) is 0 Å². The highest BCUT2D eigenvalue weighted by atomic mass is 16.5. The van der Waals surface area contributed by atoms with Crippen LogP contribution in [-0.4, -0.2) is 35.0 Å². The predicted octanol–water partition coefficient (Wildman–Crippen LogP) is 0.276. The van der Waals surface area contributed by atoms with Crippen molar-refractivity contribution in [2.45, 2.75) is 19.3 Å². The normalized spacial score (nSPS) is 10.4. The molecule has 0 saturated carbocycles. The van der Waals surface area contributed by atoms with E-state index in [1.54, 1.807) is 7.11 Å². The van der Waals surface area contributed by atoms with Crippen molar-refractivity contribution in [1.29, 1.82) is 0 Å². The minimum atomic E-state index is -0.873. The Hall–Kier alpha value is -1.43. The van der Waals surface area contributed by atoms with Crippen LogP contribution in [0.4, 0.5) is 0 Å². The molecule has 0 aliphatic carbocycles. The summed E-state index contributed by atoms with van der Waals surface area (Å²) in [5.41, 5.74) is 0. The Morgan fingerprint density at radius 2 is 2.07 bits per heavy atom. The van der Waals surface area contributed by atoms with Gasteiger partial charge in [0.05, 0.1) is 13.0 Å². The van der Waals surface area contributed by atoms with Crippen LogP contribution in [-0.2, 0) is 22.4 Å². The molecule has 0 aromatic carbocycles. The molecule has 14 heavy (non-hydrogen) atoms. The molecule has 0 aliphatic heterocycles. The lowest BCUT2D eigenvalue weighted by atomic mass is 10.3. The molecule has 0 bridgehead atoms. The average Bonchev–Trinajstić information content (AvgIpc) is 2.59. The molecule has 0 aliphatic rings. The van der Waals surface area contributed by atoms with Crippen molar-refractivity contribution in [3.8, 4) is 0 Å². The molecule has 0 unspecified atom stereocenters. The molecule has 6 nitrogen and oxygen atoms in total. The van der Waals surface area contributed by atoms with Gasteiger partial charge in [0.25, 0.3) is 0 Å². The van der Waals surface area contributed by atoms with Crippen LogP contribution < -0.4 is 0 Å². The van der Waals surface area contributed by atoms with E-state index in [0.29, 0.717) is 24.8 Å². The Balaban J connectivity index is 2.38. The maximum absolute atomic E-state index is 10.2. The van der Waals surface area contributed by atoms with Crippen LogP contribution in [0.3, 0.4) is 0 Å². The summed E-state index contributed by atoms with van der Waals surface area (Å²) in [7, 11) is 1.59. The first kappa shape index (κ1) is 10.6. The molecule has 0 fully saturated rings. The van der Waals surface area contributed by atoms with E-state index in [4.69, 9.17) is 14.3 Å². The lowest BCUT2D eigenvalue weighted by Crippen LogP contribution is -1.97. The van der Waals surface area contributed by atoms with Crippen molar-refractivity contribution in [3.63, 3.8) is 0 Å². The van der Waals surface area contributed by atoms with Crippen molar-refractivity contribution in [3.05, 3.63) is 11.8 Å². The summed E-state index contributed by atoms with van der Waals surface area (Å²) in [5.74, 6) is -0.0348. The zero-order valence-electron chi connectivity index (χ0n) is 7.89. The number of carboxylic acid groups (broad SMARTS) is 1. The molecular weight excluding hydrogens is 188 g/mol. The van der Waals surface area contributed by atoms with Crippen molar-refractivity contribution >= 4 is 5.97 Å². The SMILES string of the molecule is COCCc1nnc(CCC(=O)O)o1. The van der Waals surface area contributed by atoms with E-state index >= 15 is 0 Å². The van der Waals surface area contributed by atoms with Crippen LogP contribution in [0.15, 0.2) is 4.42 Å². The number of aromatic nitrogens is 2. The summed E-state index contributed by atoms with van der Waals surface area (Å²) in [6.45, 7) is 0.514. The number of carbonyl (C=O) groups is 1. The first-order valence-electron chi connectivity index (χ1n) is 4.24. The number of ether oxygens (including phenoxy) is 1. The van der Waals surface area contributed by atoms with Crippen LogP contribution in [0.1, 0.15) is 18.2 Å². The minimum absolute atomic E-state index is 0.00586. The number of carboxylic acids is 1. The molecular formula is C8H12N2O4. The van der Waals surface area contributed by atoms with Gasteiger partial charge in [0.15, 0.2) is 0 Å².